The molecule has 3 nitrogen and oxygen atoms in total. The lowest BCUT2D eigenvalue weighted by molar-refractivity contribution is -0.114. The van der Waals surface area contributed by atoms with Crippen molar-refractivity contribution in [3.05, 3.63) is 0 Å². The highest BCUT2D eigenvalue weighted by Crippen LogP contribution is 1.89. The molecule has 0 aliphatic carbocycles. The van der Waals surface area contributed by atoms with E-state index in [2.05, 4.69) is 6.92 Å². The molecule has 0 heterocycles. The Morgan fingerprint density at radius 2 is 1.50 bits per heavy atom. The molecule has 3 heteroatoms. The lowest BCUT2D eigenvalue weighted by atomic mass is 10.3. The Labute approximate surface area is 75.4 Å². The van der Waals surface area contributed by atoms with Gasteiger partial charge in [-0.3, -0.25) is 0 Å². The van der Waals surface area contributed by atoms with Gasteiger partial charge < -0.3 is 15.0 Å². The zero-order valence-electron chi connectivity index (χ0n) is 8.63. The van der Waals surface area contributed by atoms with E-state index < -0.39 is 0 Å². The summed E-state index contributed by atoms with van der Waals surface area (Å²) < 4.78 is 0. The van der Waals surface area contributed by atoms with Crippen LogP contribution in [0.15, 0.2) is 0 Å². The highest BCUT2D eigenvalue weighted by Gasteiger charge is 1.76. The zero-order chi connectivity index (χ0) is 10.4. The third-order valence-corrected chi connectivity index (χ3v) is 0.762. The van der Waals surface area contributed by atoms with E-state index in [1.54, 1.807) is 0 Å². The molecule has 0 saturated carbocycles. The van der Waals surface area contributed by atoms with Crippen LogP contribution in [0.1, 0.15) is 40.0 Å². The normalized spacial score (nSPS) is 7.17. The van der Waals surface area contributed by atoms with E-state index >= 15 is 0 Å². The van der Waals surface area contributed by atoms with Gasteiger partial charge in [0, 0.05) is 13.7 Å². The minimum atomic E-state index is 0.167. The molecule has 0 rings (SSSR count). The first-order valence-electron chi connectivity index (χ1n) is 4.17. The average molecular weight is 178 g/mol. The number of rotatable bonds is 3. The molecule has 0 amide bonds. The van der Waals surface area contributed by atoms with Gasteiger partial charge >= 0.3 is 0 Å². The molecule has 0 aromatic carbocycles. The maximum atomic E-state index is 9.44. The predicted octanol–water partition coefficient (Wildman–Crippen LogP) is 1.37. The van der Waals surface area contributed by atoms with Gasteiger partial charge in [0.2, 0.25) is 0 Å². The number of carbonyl (C=O) groups is 1. The van der Waals surface area contributed by atoms with Crippen molar-refractivity contribution in [2.45, 2.75) is 40.0 Å². The van der Waals surface area contributed by atoms with Gasteiger partial charge in [-0.05, 0) is 20.3 Å². The minimum absolute atomic E-state index is 0.167. The van der Waals surface area contributed by atoms with Crippen molar-refractivity contribution in [3.8, 4) is 0 Å². The quantitative estimate of drug-likeness (QED) is 0.642. The summed E-state index contributed by atoms with van der Waals surface area (Å²) >= 11 is 0. The molecule has 0 unspecified atom stereocenters. The molecule has 0 aromatic rings. The highest BCUT2D eigenvalue weighted by atomic mass is 16.3. The standard InChI is InChI=1S/C5H12O.C3H6O.CH4O/c1-2-3-4-5-6;1-3(2)4;1-2/h6H,2-5H2,1H3;1-2H3;2H,1H3. The summed E-state index contributed by atoms with van der Waals surface area (Å²) in [6.07, 6.45) is 3.33. The molecule has 0 aliphatic rings. The van der Waals surface area contributed by atoms with E-state index in [9.17, 15) is 4.79 Å². The van der Waals surface area contributed by atoms with Crippen LogP contribution in [0.25, 0.3) is 0 Å². The van der Waals surface area contributed by atoms with Crippen LogP contribution >= 0.6 is 0 Å². The van der Waals surface area contributed by atoms with Gasteiger partial charge in [-0.15, -0.1) is 0 Å². The Hall–Kier alpha value is -0.410. The van der Waals surface area contributed by atoms with Gasteiger partial charge in [0.15, 0.2) is 0 Å². The van der Waals surface area contributed by atoms with E-state index in [1.165, 1.54) is 20.3 Å². The van der Waals surface area contributed by atoms with E-state index in [0.29, 0.717) is 6.61 Å². The number of ketones is 1. The average Bonchev–Trinajstić information content (AvgIpc) is 2.04. The maximum Gasteiger partial charge on any atom is 0.126 e. The Morgan fingerprint density at radius 3 is 1.58 bits per heavy atom. The number of unbranched alkanes of at least 4 members (excludes halogenated alkanes) is 2. The summed E-state index contributed by atoms with van der Waals surface area (Å²) in [6, 6.07) is 0. The summed E-state index contributed by atoms with van der Waals surface area (Å²) in [5.41, 5.74) is 0. The van der Waals surface area contributed by atoms with Gasteiger partial charge in [-0.2, -0.15) is 0 Å². The molecular formula is C9H22O3. The highest BCUT2D eigenvalue weighted by molar-refractivity contribution is 5.72. The van der Waals surface area contributed by atoms with Crippen LogP contribution in [0.4, 0.5) is 0 Å². The second-order valence-electron chi connectivity index (χ2n) is 2.34. The lowest BCUT2D eigenvalue weighted by Gasteiger charge is -1.85. The fourth-order valence-corrected chi connectivity index (χ4v) is 0.362. The number of aliphatic hydroxyl groups excluding tert-OH is 2. The molecule has 0 spiro atoms. The molecular weight excluding hydrogens is 156 g/mol. The number of aliphatic hydroxyl groups is 2. The first-order valence-corrected chi connectivity index (χ1v) is 4.17. The van der Waals surface area contributed by atoms with Gasteiger partial charge in [-0.25, -0.2) is 0 Å². The molecule has 0 aliphatic heterocycles. The van der Waals surface area contributed by atoms with Crippen LogP contribution in [0.5, 0.6) is 0 Å². The lowest BCUT2D eigenvalue weighted by Crippen LogP contribution is -1.78. The molecule has 0 aromatic heterocycles. The zero-order valence-corrected chi connectivity index (χ0v) is 8.63. The SMILES string of the molecule is CC(C)=O.CCCCCO.CO. The van der Waals surface area contributed by atoms with Crippen molar-refractivity contribution in [2.75, 3.05) is 13.7 Å². The minimum Gasteiger partial charge on any atom is -0.400 e. The van der Waals surface area contributed by atoms with Gasteiger partial charge in [0.1, 0.15) is 5.78 Å². The van der Waals surface area contributed by atoms with Crippen molar-refractivity contribution < 1.29 is 15.0 Å². The number of carbonyl (C=O) groups excluding carboxylic acids is 1. The third-order valence-electron chi connectivity index (χ3n) is 0.762. The summed E-state index contributed by atoms with van der Waals surface area (Å²) in [4.78, 5) is 9.44. The molecule has 0 radical (unpaired) electrons. The van der Waals surface area contributed by atoms with E-state index in [4.69, 9.17) is 10.2 Å². The molecule has 12 heavy (non-hydrogen) atoms. The first kappa shape index (κ1) is 17.6. The first-order chi connectivity index (χ1) is 5.65. The number of hydrogen-bond acceptors (Lipinski definition) is 3. The van der Waals surface area contributed by atoms with Crippen molar-refractivity contribution in [3.63, 3.8) is 0 Å². The van der Waals surface area contributed by atoms with Crippen LogP contribution in [-0.2, 0) is 4.79 Å². The van der Waals surface area contributed by atoms with Crippen LogP contribution in [0.2, 0.25) is 0 Å². The monoisotopic (exact) mass is 178 g/mol. The van der Waals surface area contributed by atoms with Crippen LogP contribution in [0, 0.1) is 0 Å². The number of hydrogen-bond donors (Lipinski definition) is 2. The van der Waals surface area contributed by atoms with Crippen LogP contribution in [-0.4, -0.2) is 29.7 Å². The summed E-state index contributed by atoms with van der Waals surface area (Å²) in [5, 5.41) is 15.2. The van der Waals surface area contributed by atoms with Crippen molar-refractivity contribution in [1.82, 2.24) is 0 Å². The van der Waals surface area contributed by atoms with Gasteiger partial charge in [0.25, 0.3) is 0 Å². The molecule has 0 bridgehead atoms. The van der Waals surface area contributed by atoms with Gasteiger partial charge in [0.05, 0.1) is 0 Å². The number of Topliss-reactive ketones (excluding diaryl/α,β-unsaturated/α-hetero) is 1. The van der Waals surface area contributed by atoms with Crippen LogP contribution in [0.3, 0.4) is 0 Å². The molecule has 0 fully saturated rings. The largest absolute Gasteiger partial charge is 0.400 e. The third kappa shape index (κ3) is 105. The Balaban J connectivity index is -0.000000118. The van der Waals surface area contributed by atoms with Gasteiger partial charge in [-0.1, -0.05) is 19.8 Å². The van der Waals surface area contributed by atoms with E-state index in [0.717, 1.165) is 20.0 Å². The van der Waals surface area contributed by atoms with Crippen molar-refractivity contribution >= 4 is 5.78 Å². The molecule has 2 N–H and O–H groups in total. The van der Waals surface area contributed by atoms with Crippen molar-refractivity contribution in [2.24, 2.45) is 0 Å². The maximum absolute atomic E-state index is 9.44. The second-order valence-corrected chi connectivity index (χ2v) is 2.34. The fraction of sp³-hybridized carbons (Fsp3) is 0.889. The Kier molecular flexibility index (Phi) is 32.9. The fourth-order valence-electron chi connectivity index (χ4n) is 0.362. The van der Waals surface area contributed by atoms with E-state index in [-0.39, 0.29) is 5.78 Å². The van der Waals surface area contributed by atoms with Crippen LogP contribution < -0.4 is 0 Å². The summed E-state index contributed by atoms with van der Waals surface area (Å²) in [5.74, 6) is 0.167. The Bertz CT molecular complexity index is 64.2. The van der Waals surface area contributed by atoms with E-state index in [1.807, 2.05) is 0 Å². The summed E-state index contributed by atoms with van der Waals surface area (Å²) in [6.45, 7) is 5.53. The summed E-state index contributed by atoms with van der Waals surface area (Å²) in [7, 11) is 1.00. The second kappa shape index (κ2) is 22.4. The van der Waals surface area contributed by atoms with Crippen molar-refractivity contribution in [1.29, 1.82) is 0 Å². The smallest absolute Gasteiger partial charge is 0.126 e. The molecule has 0 atom stereocenters. The molecule has 76 valence electrons. The Morgan fingerprint density at radius 1 is 1.17 bits per heavy atom. The predicted molar refractivity (Wildman–Crippen MR) is 51.1 cm³/mol. The topological polar surface area (TPSA) is 57.5 Å². The molecule has 0 saturated heterocycles.